The van der Waals surface area contributed by atoms with Crippen LogP contribution in [0.3, 0.4) is 0 Å². The monoisotopic (exact) mass is 822 g/mol. The smallest absolute Gasteiger partial charge is 0.220 e. The van der Waals surface area contributed by atoms with E-state index in [2.05, 4.69) is 43.5 Å². The topological polar surface area (TPSA) is 149 Å². The Morgan fingerprint density at radius 3 is 1.45 bits per heavy atom. The van der Waals surface area contributed by atoms with Crippen molar-refractivity contribution in [1.82, 2.24) is 5.32 Å². The van der Waals surface area contributed by atoms with Gasteiger partial charge in [-0.1, -0.05) is 185 Å². The van der Waals surface area contributed by atoms with Crippen molar-refractivity contribution in [2.45, 2.75) is 256 Å². The van der Waals surface area contributed by atoms with Gasteiger partial charge in [0, 0.05) is 6.42 Å². The van der Waals surface area contributed by atoms with Crippen molar-refractivity contribution in [2.24, 2.45) is 0 Å². The van der Waals surface area contributed by atoms with Crippen molar-refractivity contribution >= 4 is 5.91 Å². The fourth-order valence-electron chi connectivity index (χ4n) is 7.52. The average molecular weight is 822 g/mol. The quantitative estimate of drug-likeness (QED) is 0.0264. The molecule has 1 saturated heterocycles. The van der Waals surface area contributed by atoms with Crippen LogP contribution in [-0.2, 0) is 14.3 Å². The molecule has 340 valence electrons. The van der Waals surface area contributed by atoms with Gasteiger partial charge >= 0.3 is 0 Å². The highest BCUT2D eigenvalue weighted by molar-refractivity contribution is 5.76. The molecule has 6 N–H and O–H groups in total. The predicted octanol–water partition coefficient (Wildman–Crippen LogP) is 10.5. The van der Waals surface area contributed by atoms with Crippen molar-refractivity contribution in [3.05, 3.63) is 36.5 Å². The molecule has 1 amide bonds. The largest absolute Gasteiger partial charge is 0.394 e. The maximum absolute atomic E-state index is 13.0. The average Bonchev–Trinajstić information content (AvgIpc) is 3.22. The number of hydrogen-bond donors (Lipinski definition) is 6. The van der Waals surface area contributed by atoms with Gasteiger partial charge < -0.3 is 40.3 Å². The summed E-state index contributed by atoms with van der Waals surface area (Å²) in [6.07, 6.45) is 42.0. The van der Waals surface area contributed by atoms with Crippen LogP contribution in [-0.4, -0.2) is 87.5 Å². The summed E-state index contributed by atoms with van der Waals surface area (Å²) < 4.78 is 11.2. The highest BCUT2D eigenvalue weighted by Crippen LogP contribution is 2.22. The van der Waals surface area contributed by atoms with E-state index in [4.69, 9.17) is 9.47 Å². The molecular formula is C49H91NO8. The van der Waals surface area contributed by atoms with Crippen molar-refractivity contribution in [1.29, 1.82) is 0 Å². The summed E-state index contributed by atoms with van der Waals surface area (Å²) in [5.74, 6) is -0.192. The minimum atomic E-state index is -1.57. The van der Waals surface area contributed by atoms with Crippen LogP contribution in [0.2, 0.25) is 0 Å². The second kappa shape index (κ2) is 39.5. The zero-order valence-electron chi connectivity index (χ0n) is 37.3. The number of unbranched alkanes of at least 4 members (excludes halogenated alkanes) is 26. The van der Waals surface area contributed by atoms with E-state index >= 15 is 0 Å². The SMILES string of the molecule is CCCCCCCCC/C=C/CC/C=C/C(O)C(COC1OC(CO)C(O)C(O)C1O)NC(=O)CCCCCCCCC/C=C\CCCCCCCCCCCCC. The summed E-state index contributed by atoms with van der Waals surface area (Å²) in [5.41, 5.74) is 0. The Morgan fingerprint density at radius 2 is 0.983 bits per heavy atom. The number of amides is 1. The Morgan fingerprint density at radius 1 is 0.569 bits per heavy atom. The lowest BCUT2D eigenvalue weighted by atomic mass is 9.99. The molecule has 0 aromatic heterocycles. The van der Waals surface area contributed by atoms with Crippen molar-refractivity contribution in [2.75, 3.05) is 13.2 Å². The molecule has 0 radical (unpaired) electrons. The summed E-state index contributed by atoms with van der Waals surface area (Å²) in [7, 11) is 0. The molecule has 0 aromatic rings. The number of rotatable bonds is 40. The van der Waals surface area contributed by atoms with Gasteiger partial charge in [0.2, 0.25) is 5.91 Å². The Balaban J connectivity index is 2.31. The van der Waals surface area contributed by atoms with Crippen LogP contribution in [0.1, 0.15) is 213 Å². The molecule has 58 heavy (non-hydrogen) atoms. The van der Waals surface area contributed by atoms with E-state index in [9.17, 15) is 30.3 Å². The van der Waals surface area contributed by atoms with Crippen LogP contribution in [0, 0.1) is 0 Å². The highest BCUT2D eigenvalue weighted by atomic mass is 16.7. The normalized spacial score (nSPS) is 21.1. The third-order valence-electron chi connectivity index (χ3n) is 11.4. The van der Waals surface area contributed by atoms with E-state index < -0.39 is 49.5 Å². The van der Waals surface area contributed by atoms with Crippen LogP contribution in [0.15, 0.2) is 36.5 Å². The first-order chi connectivity index (χ1) is 28.3. The first-order valence-corrected chi connectivity index (χ1v) is 24.2. The summed E-state index contributed by atoms with van der Waals surface area (Å²) in [5, 5.41) is 54.2. The summed E-state index contributed by atoms with van der Waals surface area (Å²) in [6, 6.07) is -0.822. The lowest BCUT2D eigenvalue weighted by molar-refractivity contribution is -0.302. The standard InChI is InChI=1S/C49H91NO8/c1-3-5-7-9-11-13-15-17-18-19-20-21-22-23-24-25-27-29-31-33-35-37-39-45(53)50-42(41-57-49-48(56)47(55)46(54)44(40-51)58-49)43(52)38-36-34-32-30-28-26-16-14-12-10-8-6-4-2/h22-23,28,30,36,38,42-44,46-49,51-52,54-56H,3-21,24-27,29,31-35,37,39-41H2,1-2H3,(H,50,53)/b23-22-,30-28+,38-36+. The van der Waals surface area contributed by atoms with Crippen LogP contribution in [0.4, 0.5) is 0 Å². The molecule has 7 unspecified atom stereocenters. The number of aliphatic hydroxyl groups is 5. The molecule has 0 aliphatic carbocycles. The fourth-order valence-corrected chi connectivity index (χ4v) is 7.52. The first kappa shape index (κ1) is 54.4. The lowest BCUT2D eigenvalue weighted by Gasteiger charge is -2.40. The second-order valence-corrected chi connectivity index (χ2v) is 16.9. The van der Waals surface area contributed by atoms with E-state index in [-0.39, 0.29) is 12.5 Å². The number of allylic oxidation sites excluding steroid dienone is 5. The maximum atomic E-state index is 13.0. The molecule has 0 spiro atoms. The number of hydrogen-bond acceptors (Lipinski definition) is 8. The molecule has 0 bridgehead atoms. The third kappa shape index (κ3) is 29.6. The molecule has 7 atom stereocenters. The maximum Gasteiger partial charge on any atom is 0.220 e. The van der Waals surface area contributed by atoms with Gasteiger partial charge in [-0.15, -0.1) is 0 Å². The Bertz CT molecular complexity index is 1000. The minimum absolute atomic E-state index is 0.192. The van der Waals surface area contributed by atoms with Gasteiger partial charge in [0.05, 0.1) is 25.4 Å². The van der Waals surface area contributed by atoms with Gasteiger partial charge in [0.1, 0.15) is 24.4 Å². The summed E-state index contributed by atoms with van der Waals surface area (Å²) >= 11 is 0. The number of ether oxygens (including phenoxy) is 2. The molecule has 9 heteroatoms. The van der Waals surface area contributed by atoms with E-state index in [0.717, 1.165) is 51.4 Å². The Labute approximate surface area is 355 Å². The van der Waals surface area contributed by atoms with Crippen molar-refractivity contribution in [3.8, 4) is 0 Å². The molecule has 1 aliphatic rings. The lowest BCUT2D eigenvalue weighted by Crippen LogP contribution is -2.60. The van der Waals surface area contributed by atoms with E-state index in [1.807, 2.05) is 6.08 Å². The first-order valence-electron chi connectivity index (χ1n) is 24.2. The van der Waals surface area contributed by atoms with Gasteiger partial charge in [0.25, 0.3) is 0 Å². The minimum Gasteiger partial charge on any atom is -0.394 e. The van der Waals surface area contributed by atoms with Gasteiger partial charge in [-0.3, -0.25) is 4.79 Å². The van der Waals surface area contributed by atoms with Crippen LogP contribution in [0.5, 0.6) is 0 Å². The third-order valence-corrected chi connectivity index (χ3v) is 11.4. The highest BCUT2D eigenvalue weighted by Gasteiger charge is 2.44. The number of carbonyl (C=O) groups excluding carboxylic acids is 1. The number of aliphatic hydroxyl groups excluding tert-OH is 5. The van der Waals surface area contributed by atoms with Crippen molar-refractivity contribution in [3.63, 3.8) is 0 Å². The van der Waals surface area contributed by atoms with Gasteiger partial charge in [-0.05, 0) is 57.8 Å². The van der Waals surface area contributed by atoms with Gasteiger partial charge in [0.15, 0.2) is 6.29 Å². The zero-order valence-corrected chi connectivity index (χ0v) is 37.3. The van der Waals surface area contributed by atoms with E-state index in [1.54, 1.807) is 6.08 Å². The van der Waals surface area contributed by atoms with Gasteiger partial charge in [-0.2, -0.15) is 0 Å². The second-order valence-electron chi connectivity index (χ2n) is 16.9. The molecule has 1 fully saturated rings. The van der Waals surface area contributed by atoms with Crippen molar-refractivity contribution < 1.29 is 39.8 Å². The number of carbonyl (C=O) groups is 1. The molecule has 9 nitrogen and oxygen atoms in total. The number of nitrogens with one attached hydrogen (secondary N) is 1. The summed E-state index contributed by atoms with van der Waals surface area (Å²) in [6.45, 7) is 3.75. The molecule has 1 rings (SSSR count). The van der Waals surface area contributed by atoms with E-state index in [0.29, 0.717) is 6.42 Å². The molecular weight excluding hydrogens is 731 g/mol. The Hall–Kier alpha value is -1.59. The van der Waals surface area contributed by atoms with Gasteiger partial charge in [-0.25, -0.2) is 0 Å². The van der Waals surface area contributed by atoms with Crippen LogP contribution in [0.25, 0.3) is 0 Å². The van der Waals surface area contributed by atoms with Crippen LogP contribution < -0.4 is 5.32 Å². The molecule has 0 aromatic carbocycles. The van der Waals surface area contributed by atoms with E-state index in [1.165, 1.54) is 141 Å². The zero-order chi connectivity index (χ0) is 42.3. The fraction of sp³-hybridized carbons (Fsp3) is 0.857. The summed E-state index contributed by atoms with van der Waals surface area (Å²) in [4.78, 5) is 13.0. The predicted molar refractivity (Wildman–Crippen MR) is 240 cm³/mol. The molecule has 1 aliphatic heterocycles. The van der Waals surface area contributed by atoms with Crippen LogP contribution >= 0.6 is 0 Å². The Kier molecular flexibility index (Phi) is 37.1. The molecule has 1 heterocycles. The molecule has 0 saturated carbocycles.